The summed E-state index contributed by atoms with van der Waals surface area (Å²) in [5, 5.41) is 13.0. The van der Waals surface area contributed by atoms with E-state index in [-0.39, 0.29) is 40.7 Å². The van der Waals surface area contributed by atoms with Crippen LogP contribution in [0.4, 0.5) is 17.6 Å². The van der Waals surface area contributed by atoms with E-state index in [0.29, 0.717) is 11.4 Å². The number of carbonyl (C=O) groups is 1. The number of rotatable bonds is 6. The van der Waals surface area contributed by atoms with Crippen molar-refractivity contribution in [2.75, 3.05) is 18.2 Å². The van der Waals surface area contributed by atoms with Gasteiger partial charge < -0.3 is 25.6 Å². The molecule has 144 valence electrons. The summed E-state index contributed by atoms with van der Waals surface area (Å²) < 4.78 is 10.4. The number of para-hydroxylation sites is 2. The van der Waals surface area contributed by atoms with Gasteiger partial charge in [-0.1, -0.05) is 23.7 Å². The number of phenolic OH excluding ortho intramolecular Hbond substituents is 1. The fourth-order valence-corrected chi connectivity index (χ4v) is 2.48. The minimum Gasteiger partial charge on any atom is -0.507 e. The standard InChI is InChI=1S/C18H16ClN5O4/c1-27-14-5-3-2-4-12(14)21-18-23-15(22-17(20)24-18)9-28-16(26)11-8-10(19)6-7-13(11)25/h2-8,25H,9H2,1H3,(H3,20,21,22,23,24). The Morgan fingerprint density at radius 1 is 1.21 bits per heavy atom. The largest absolute Gasteiger partial charge is 0.507 e. The molecule has 9 nitrogen and oxygen atoms in total. The molecule has 0 saturated carbocycles. The maximum absolute atomic E-state index is 12.2. The number of hydrogen-bond donors (Lipinski definition) is 3. The molecular weight excluding hydrogens is 386 g/mol. The first-order chi connectivity index (χ1) is 13.5. The summed E-state index contributed by atoms with van der Waals surface area (Å²) in [5.74, 6) is -0.204. The first kappa shape index (κ1) is 19.2. The van der Waals surface area contributed by atoms with Gasteiger partial charge in [0.1, 0.15) is 17.1 Å². The summed E-state index contributed by atoms with van der Waals surface area (Å²) in [6.07, 6.45) is 0. The predicted octanol–water partition coefficient (Wildman–Crippen LogP) is 2.92. The summed E-state index contributed by atoms with van der Waals surface area (Å²) in [6, 6.07) is 11.2. The highest BCUT2D eigenvalue weighted by atomic mass is 35.5. The Morgan fingerprint density at radius 3 is 2.79 bits per heavy atom. The van der Waals surface area contributed by atoms with Crippen LogP contribution in [0.5, 0.6) is 11.5 Å². The van der Waals surface area contributed by atoms with Gasteiger partial charge in [-0.25, -0.2) is 4.79 Å². The molecule has 0 atom stereocenters. The maximum atomic E-state index is 12.2. The molecule has 0 bridgehead atoms. The zero-order valence-corrected chi connectivity index (χ0v) is 15.5. The van der Waals surface area contributed by atoms with Crippen molar-refractivity contribution in [2.45, 2.75) is 6.61 Å². The number of phenols is 1. The first-order valence-corrected chi connectivity index (χ1v) is 8.40. The molecule has 0 unspecified atom stereocenters. The zero-order chi connectivity index (χ0) is 20.1. The van der Waals surface area contributed by atoms with Gasteiger partial charge in [0.25, 0.3) is 0 Å². The normalized spacial score (nSPS) is 10.4. The Morgan fingerprint density at radius 2 is 2.00 bits per heavy atom. The van der Waals surface area contributed by atoms with Gasteiger partial charge in [0.05, 0.1) is 12.8 Å². The summed E-state index contributed by atoms with van der Waals surface area (Å²) >= 11 is 5.83. The van der Waals surface area contributed by atoms with Crippen LogP contribution in [0.3, 0.4) is 0 Å². The molecule has 0 spiro atoms. The van der Waals surface area contributed by atoms with Gasteiger partial charge >= 0.3 is 5.97 Å². The van der Waals surface area contributed by atoms with Gasteiger partial charge in [-0.3, -0.25) is 0 Å². The van der Waals surface area contributed by atoms with Gasteiger partial charge in [0.2, 0.25) is 11.9 Å². The number of nitrogen functional groups attached to an aromatic ring is 1. The Bertz CT molecular complexity index is 1020. The lowest BCUT2D eigenvalue weighted by molar-refractivity contribution is 0.0459. The number of anilines is 3. The van der Waals surface area contributed by atoms with Crippen molar-refractivity contribution in [1.29, 1.82) is 0 Å². The Hall–Kier alpha value is -3.59. The molecule has 0 amide bonds. The number of benzene rings is 2. The monoisotopic (exact) mass is 401 g/mol. The van der Waals surface area contributed by atoms with Crippen molar-refractivity contribution in [2.24, 2.45) is 0 Å². The van der Waals surface area contributed by atoms with Crippen LogP contribution in [-0.2, 0) is 11.3 Å². The second-order valence-corrected chi connectivity index (χ2v) is 5.93. The second-order valence-electron chi connectivity index (χ2n) is 5.50. The van der Waals surface area contributed by atoms with E-state index in [0.717, 1.165) is 0 Å². The number of carbonyl (C=O) groups excluding carboxylic acids is 1. The van der Waals surface area contributed by atoms with Crippen molar-refractivity contribution in [3.8, 4) is 11.5 Å². The number of nitrogens with two attached hydrogens (primary N) is 1. The third-order valence-corrected chi connectivity index (χ3v) is 3.80. The van der Waals surface area contributed by atoms with Crippen LogP contribution in [0.2, 0.25) is 5.02 Å². The van der Waals surface area contributed by atoms with E-state index >= 15 is 0 Å². The molecule has 2 aromatic carbocycles. The van der Waals surface area contributed by atoms with E-state index in [1.54, 1.807) is 19.2 Å². The molecule has 0 saturated heterocycles. The number of esters is 1. The SMILES string of the molecule is COc1ccccc1Nc1nc(N)nc(COC(=O)c2cc(Cl)ccc2O)n1. The minimum atomic E-state index is -0.779. The highest BCUT2D eigenvalue weighted by Gasteiger charge is 2.15. The van der Waals surface area contributed by atoms with E-state index in [4.69, 9.17) is 26.8 Å². The van der Waals surface area contributed by atoms with Gasteiger partial charge in [0.15, 0.2) is 12.4 Å². The number of nitrogens with one attached hydrogen (secondary N) is 1. The Labute approximate surface area is 165 Å². The minimum absolute atomic E-state index is 0.0518. The number of halogens is 1. The fourth-order valence-electron chi connectivity index (χ4n) is 2.31. The molecule has 10 heteroatoms. The molecule has 4 N–H and O–H groups in total. The fraction of sp³-hybridized carbons (Fsp3) is 0.111. The summed E-state index contributed by atoms with van der Waals surface area (Å²) in [6.45, 7) is -0.280. The van der Waals surface area contributed by atoms with E-state index in [1.165, 1.54) is 18.2 Å². The third-order valence-electron chi connectivity index (χ3n) is 3.56. The molecule has 3 rings (SSSR count). The van der Waals surface area contributed by atoms with Crippen molar-refractivity contribution < 1.29 is 19.4 Å². The van der Waals surface area contributed by atoms with Crippen molar-refractivity contribution in [3.05, 3.63) is 58.9 Å². The summed E-state index contributed by atoms with van der Waals surface area (Å²) in [4.78, 5) is 24.3. The number of hydrogen-bond acceptors (Lipinski definition) is 9. The number of ether oxygens (including phenoxy) is 2. The van der Waals surface area contributed by atoms with Crippen molar-refractivity contribution >= 4 is 35.2 Å². The lowest BCUT2D eigenvalue weighted by Gasteiger charge is -2.11. The summed E-state index contributed by atoms with van der Waals surface area (Å²) in [7, 11) is 1.54. The van der Waals surface area contributed by atoms with Crippen molar-refractivity contribution in [3.63, 3.8) is 0 Å². The van der Waals surface area contributed by atoms with Gasteiger partial charge in [-0.15, -0.1) is 0 Å². The second kappa shape index (κ2) is 8.40. The Kier molecular flexibility index (Phi) is 5.75. The molecule has 1 heterocycles. The lowest BCUT2D eigenvalue weighted by atomic mass is 10.2. The lowest BCUT2D eigenvalue weighted by Crippen LogP contribution is -2.11. The molecule has 0 aliphatic rings. The van der Waals surface area contributed by atoms with Crippen LogP contribution in [0.25, 0.3) is 0 Å². The quantitative estimate of drug-likeness (QED) is 0.533. The molecule has 0 aliphatic carbocycles. The topological polar surface area (TPSA) is 132 Å². The van der Waals surface area contributed by atoms with Gasteiger partial charge in [-0.05, 0) is 30.3 Å². The van der Waals surface area contributed by atoms with E-state index in [1.807, 2.05) is 12.1 Å². The predicted molar refractivity (Wildman–Crippen MR) is 103 cm³/mol. The van der Waals surface area contributed by atoms with E-state index in [2.05, 4.69) is 20.3 Å². The van der Waals surface area contributed by atoms with Crippen LogP contribution in [0, 0.1) is 0 Å². The highest BCUT2D eigenvalue weighted by molar-refractivity contribution is 6.31. The molecule has 0 fully saturated rings. The molecule has 3 aromatic rings. The Balaban J connectivity index is 1.74. The molecule has 0 aliphatic heterocycles. The first-order valence-electron chi connectivity index (χ1n) is 8.02. The molecule has 1 aromatic heterocycles. The van der Waals surface area contributed by atoms with E-state index in [9.17, 15) is 9.90 Å². The number of aromatic hydroxyl groups is 1. The maximum Gasteiger partial charge on any atom is 0.342 e. The van der Waals surface area contributed by atoms with Gasteiger partial charge in [-0.2, -0.15) is 15.0 Å². The number of aromatic nitrogens is 3. The van der Waals surface area contributed by atoms with Crippen LogP contribution in [-0.4, -0.2) is 33.1 Å². The van der Waals surface area contributed by atoms with Gasteiger partial charge in [0, 0.05) is 5.02 Å². The van der Waals surface area contributed by atoms with Crippen LogP contribution < -0.4 is 15.8 Å². The highest BCUT2D eigenvalue weighted by Crippen LogP contribution is 2.26. The molecule has 28 heavy (non-hydrogen) atoms. The smallest absolute Gasteiger partial charge is 0.342 e. The van der Waals surface area contributed by atoms with Crippen molar-refractivity contribution in [1.82, 2.24) is 15.0 Å². The van der Waals surface area contributed by atoms with Crippen LogP contribution in [0.1, 0.15) is 16.2 Å². The number of methoxy groups -OCH3 is 1. The summed E-state index contributed by atoms with van der Waals surface area (Å²) in [5.41, 5.74) is 6.27. The van der Waals surface area contributed by atoms with Crippen LogP contribution >= 0.6 is 11.6 Å². The average Bonchev–Trinajstić information content (AvgIpc) is 2.68. The number of nitrogens with zero attached hydrogens (tertiary/aromatic N) is 3. The molecule has 0 radical (unpaired) electrons. The van der Waals surface area contributed by atoms with Crippen LogP contribution in [0.15, 0.2) is 42.5 Å². The van der Waals surface area contributed by atoms with E-state index < -0.39 is 5.97 Å². The average molecular weight is 402 g/mol. The zero-order valence-electron chi connectivity index (χ0n) is 14.7. The third kappa shape index (κ3) is 4.57. The molecular formula is C18H16ClN5O4.